The van der Waals surface area contributed by atoms with Gasteiger partial charge in [0.2, 0.25) is 0 Å². The van der Waals surface area contributed by atoms with Gasteiger partial charge in [0, 0.05) is 17.5 Å². The molecule has 0 atom stereocenters. The fraction of sp³-hybridized carbons (Fsp3) is 0.333. The molecule has 66 heavy (non-hydrogen) atoms. The summed E-state index contributed by atoms with van der Waals surface area (Å²) in [5, 5.41) is 60.5. The number of nitrogens with zero attached hydrogens (tertiary/aromatic N) is 8. The number of hydrogen-bond acceptors (Lipinski definition) is 10. The van der Waals surface area contributed by atoms with Gasteiger partial charge in [-0.05, 0) is 119 Å². The Morgan fingerprint density at radius 2 is 0.894 bits per heavy atom. The van der Waals surface area contributed by atoms with Crippen LogP contribution in [0.25, 0.3) is 33.4 Å². The molecule has 0 unspecified atom stereocenters. The van der Waals surface area contributed by atoms with E-state index in [4.69, 9.17) is 26.1 Å². The van der Waals surface area contributed by atoms with Crippen molar-refractivity contribution >= 4 is 39.1 Å². The Kier molecular flexibility index (Phi) is 12.8. The first kappa shape index (κ1) is 46.9. The van der Waals surface area contributed by atoms with Crippen molar-refractivity contribution in [1.82, 2.24) is 30.0 Å². The summed E-state index contributed by atoms with van der Waals surface area (Å²) in [6.07, 6.45) is 2.11. The molecule has 0 aliphatic heterocycles. The van der Waals surface area contributed by atoms with Crippen molar-refractivity contribution in [2.24, 2.45) is 21.1 Å². The predicted octanol–water partition coefficient (Wildman–Crippen LogP) is 13.3. The number of hydrogen-bond donors (Lipinski definition) is 4. The molecule has 0 bridgehead atoms. The van der Waals surface area contributed by atoms with Gasteiger partial charge in [0.1, 0.15) is 62.1 Å². The minimum Gasteiger partial charge on any atom is -0.506 e. The van der Waals surface area contributed by atoms with Crippen LogP contribution in [0.5, 0.6) is 17.2 Å². The van der Waals surface area contributed by atoms with Gasteiger partial charge in [-0.1, -0.05) is 124 Å². The zero-order valence-electron chi connectivity index (χ0n) is 40.1. The fourth-order valence-electron chi connectivity index (χ4n) is 9.11. The second-order valence-corrected chi connectivity index (χ2v) is 21.1. The highest BCUT2D eigenvalue weighted by atomic mass is 16.3. The fourth-order valence-corrected chi connectivity index (χ4v) is 9.11. The first-order chi connectivity index (χ1) is 31.0. The number of aromatic hydroxyl groups is 3. The van der Waals surface area contributed by atoms with E-state index in [0.29, 0.717) is 39.6 Å². The van der Waals surface area contributed by atoms with Crippen molar-refractivity contribution in [3.63, 3.8) is 0 Å². The molecule has 0 amide bonds. The Labute approximate surface area is 387 Å². The predicted molar refractivity (Wildman–Crippen MR) is 266 cm³/mol. The lowest BCUT2D eigenvalue weighted by Crippen LogP contribution is -2.25. The van der Waals surface area contributed by atoms with Crippen LogP contribution in [-0.4, -0.2) is 45.3 Å². The maximum atomic E-state index is 12.0. The van der Waals surface area contributed by atoms with E-state index in [1.54, 1.807) is 24.3 Å². The summed E-state index contributed by atoms with van der Waals surface area (Å²) in [6, 6.07) is 35.9. The molecule has 0 saturated carbocycles. The summed E-state index contributed by atoms with van der Waals surface area (Å²) < 4.78 is 0. The molecule has 0 aliphatic carbocycles. The van der Waals surface area contributed by atoms with E-state index >= 15 is 0 Å². The second kappa shape index (κ2) is 18.1. The van der Waals surface area contributed by atoms with Gasteiger partial charge in [-0.3, -0.25) is 0 Å². The number of anilines is 1. The average Bonchev–Trinajstić information content (AvgIpc) is 3.86. The van der Waals surface area contributed by atoms with Gasteiger partial charge in [0.15, 0.2) is 0 Å². The topological polar surface area (TPSA) is 173 Å². The highest BCUT2D eigenvalue weighted by molar-refractivity contribution is 5.75. The number of fused-ring (bicyclic) bond motifs is 2. The third-order valence-electron chi connectivity index (χ3n) is 11.6. The monoisotopic (exact) mass is 886 g/mol. The molecule has 12 nitrogen and oxygen atoms in total. The summed E-state index contributed by atoms with van der Waals surface area (Å²) in [7, 11) is 0. The maximum absolute atomic E-state index is 12.0. The number of para-hydroxylation sites is 1. The number of nitrogen functional groups attached to an aromatic ring is 1. The highest BCUT2D eigenvalue weighted by Gasteiger charge is 2.32. The zero-order chi connectivity index (χ0) is 47.8. The lowest BCUT2D eigenvalue weighted by molar-refractivity contribution is 0.283. The third kappa shape index (κ3) is 10.9. The van der Waals surface area contributed by atoms with Gasteiger partial charge in [-0.15, -0.1) is 40.2 Å². The first-order valence-electron chi connectivity index (χ1n) is 22.4. The molecule has 2 aromatic heterocycles. The summed E-state index contributed by atoms with van der Waals surface area (Å²) in [5.41, 5.74) is 15.5. The number of aryl methyl sites for hydroxylation is 1. The van der Waals surface area contributed by atoms with Crippen LogP contribution in [0.2, 0.25) is 0 Å². The molecule has 12 heteroatoms. The van der Waals surface area contributed by atoms with Crippen LogP contribution >= 0.6 is 0 Å². The molecule has 8 aromatic rings. The summed E-state index contributed by atoms with van der Waals surface area (Å²) in [6.45, 7) is 24.4. The quantitative estimate of drug-likeness (QED) is 0.0776. The lowest BCUT2D eigenvalue weighted by Gasteiger charge is -2.34. The first-order valence-corrected chi connectivity index (χ1v) is 22.4. The molecule has 0 fully saturated rings. The highest BCUT2D eigenvalue weighted by Crippen LogP contribution is 2.44. The normalized spacial score (nSPS) is 12.5. The zero-order valence-corrected chi connectivity index (χ0v) is 40.1. The standard InChI is InChI=1S/C41H50N6O2.C13H13N3O/c1-38(2,3)24-40(7,8)28-20-26(36(48)34(22-28)46-42-30-15-11-12-16-31(30)43-46)19-27-21-29(41(9,10)25-39(4,5)6)23-35(37(27)49)47-44-32-17-13-14-18-33(32)45-47;1-9-6-7-13(17)12(8-9)16-15-11-5-3-2-4-10(11)14/h11-18,20-23,48-49H,19,24-25H2,1-10H3;2-8,17H,14H2,1H3. The molecule has 8 rings (SSSR count). The van der Waals surface area contributed by atoms with Gasteiger partial charge in [-0.2, -0.15) is 0 Å². The number of aromatic nitrogens is 6. The number of rotatable bonds is 10. The van der Waals surface area contributed by atoms with E-state index in [1.165, 1.54) is 9.59 Å². The van der Waals surface area contributed by atoms with E-state index in [2.05, 4.69) is 91.6 Å². The van der Waals surface area contributed by atoms with Crippen molar-refractivity contribution in [2.75, 3.05) is 5.73 Å². The van der Waals surface area contributed by atoms with Crippen LogP contribution in [0, 0.1) is 17.8 Å². The number of phenolic OH excluding ortho intramolecular Hbond substituents is 3. The van der Waals surface area contributed by atoms with Crippen LogP contribution in [0.4, 0.5) is 17.1 Å². The van der Waals surface area contributed by atoms with Gasteiger partial charge in [-0.25, -0.2) is 0 Å². The summed E-state index contributed by atoms with van der Waals surface area (Å²) in [4.78, 5) is 3.07. The molecule has 342 valence electrons. The summed E-state index contributed by atoms with van der Waals surface area (Å²) in [5.74, 6) is 0.270. The SMILES string of the molecule is CC(C)(C)CC(C)(C)c1cc(Cc2cc(C(C)(C)CC(C)(C)C)cc(-n3nc4ccccc4n3)c2O)c(O)c(-n2nc3ccccc3n2)c1.Cc1ccc(O)c(N=Nc2ccccc2N)c1. The molecular weight excluding hydrogens is 823 g/mol. The van der Waals surface area contributed by atoms with Crippen molar-refractivity contribution < 1.29 is 15.3 Å². The smallest absolute Gasteiger partial charge is 0.146 e. The Balaban J connectivity index is 0.000000319. The molecule has 2 heterocycles. The van der Waals surface area contributed by atoms with Crippen LogP contribution in [0.15, 0.2) is 125 Å². The molecule has 6 aromatic carbocycles. The van der Waals surface area contributed by atoms with Gasteiger partial charge in [0.05, 0.1) is 5.69 Å². The molecule has 0 spiro atoms. The molecule has 0 saturated heterocycles. The Morgan fingerprint density at radius 3 is 1.30 bits per heavy atom. The Hall–Kier alpha value is -7.08. The maximum Gasteiger partial charge on any atom is 0.146 e. The van der Waals surface area contributed by atoms with E-state index in [0.717, 1.165) is 51.6 Å². The van der Waals surface area contributed by atoms with Gasteiger partial charge in [0.25, 0.3) is 0 Å². The van der Waals surface area contributed by atoms with E-state index < -0.39 is 0 Å². The van der Waals surface area contributed by atoms with Crippen LogP contribution in [-0.2, 0) is 17.3 Å². The molecular formula is C54H63N9O3. The van der Waals surface area contributed by atoms with Crippen molar-refractivity contribution in [2.45, 2.75) is 106 Å². The minimum absolute atomic E-state index is 0.0702. The Bertz CT molecular complexity index is 2840. The second-order valence-electron chi connectivity index (χ2n) is 21.1. The van der Waals surface area contributed by atoms with Crippen molar-refractivity contribution in [3.8, 4) is 28.6 Å². The van der Waals surface area contributed by atoms with Crippen LogP contribution in [0.1, 0.15) is 110 Å². The Morgan fingerprint density at radius 1 is 0.500 bits per heavy atom. The number of nitrogens with two attached hydrogens (primary N) is 1. The minimum atomic E-state index is -0.231. The lowest BCUT2D eigenvalue weighted by atomic mass is 9.71. The number of phenols is 3. The van der Waals surface area contributed by atoms with Crippen molar-refractivity contribution in [1.29, 1.82) is 0 Å². The largest absolute Gasteiger partial charge is 0.506 e. The van der Waals surface area contributed by atoms with E-state index in [9.17, 15) is 15.3 Å². The van der Waals surface area contributed by atoms with E-state index in [-0.39, 0.29) is 45.3 Å². The average molecular weight is 886 g/mol. The number of benzene rings is 6. The van der Waals surface area contributed by atoms with E-state index in [1.807, 2.05) is 85.8 Å². The van der Waals surface area contributed by atoms with Crippen molar-refractivity contribution in [3.05, 3.63) is 143 Å². The molecule has 0 radical (unpaired) electrons. The van der Waals surface area contributed by atoms with Crippen LogP contribution < -0.4 is 5.73 Å². The molecule has 0 aliphatic rings. The van der Waals surface area contributed by atoms with Gasteiger partial charge < -0.3 is 21.1 Å². The van der Waals surface area contributed by atoms with Gasteiger partial charge >= 0.3 is 0 Å². The number of azo groups is 1. The third-order valence-corrected chi connectivity index (χ3v) is 11.6. The summed E-state index contributed by atoms with van der Waals surface area (Å²) >= 11 is 0. The van der Waals surface area contributed by atoms with Crippen LogP contribution in [0.3, 0.4) is 0 Å². The molecule has 5 N–H and O–H groups in total.